The summed E-state index contributed by atoms with van der Waals surface area (Å²) in [5, 5.41) is 13.0. The highest BCUT2D eigenvalue weighted by Gasteiger charge is 2.24. The van der Waals surface area contributed by atoms with Gasteiger partial charge >= 0.3 is 0 Å². The zero-order valence-corrected chi connectivity index (χ0v) is 13.6. The van der Waals surface area contributed by atoms with Crippen LogP contribution in [0.5, 0.6) is 0 Å². The largest absolute Gasteiger partial charge is 0.409 e. The minimum absolute atomic E-state index is 0.140. The van der Waals surface area contributed by atoms with E-state index in [0.29, 0.717) is 5.92 Å². The fraction of sp³-hybridized carbons (Fsp3) is 0.412. The second-order valence-corrected chi connectivity index (χ2v) is 6.80. The topological polar surface area (TPSA) is 71.5 Å². The average Bonchev–Trinajstić information content (AvgIpc) is 3.23. The van der Waals surface area contributed by atoms with Crippen LogP contribution >= 0.6 is 11.3 Å². The molecule has 0 aliphatic heterocycles. The Kier molecular flexibility index (Phi) is 4.43. The van der Waals surface area contributed by atoms with E-state index in [1.165, 1.54) is 46.8 Å². The van der Waals surface area contributed by atoms with Crippen LogP contribution in [0.25, 0.3) is 10.4 Å². The van der Waals surface area contributed by atoms with Crippen molar-refractivity contribution >= 4 is 17.2 Å². The fourth-order valence-electron chi connectivity index (χ4n) is 3.06. The number of thiazole rings is 1. The molecular weight excluding hydrogens is 294 g/mol. The summed E-state index contributed by atoms with van der Waals surface area (Å²) >= 11 is 1.80. The molecule has 1 aromatic heterocycles. The number of aryl methyl sites for hydroxylation is 1. The predicted molar refractivity (Wildman–Crippen MR) is 90.6 cm³/mol. The van der Waals surface area contributed by atoms with Gasteiger partial charge in [0.15, 0.2) is 5.84 Å². The van der Waals surface area contributed by atoms with Gasteiger partial charge in [0.25, 0.3) is 0 Å². The predicted octanol–water partition coefficient (Wildman–Crippen LogP) is 4.12. The number of oxime groups is 1. The lowest BCUT2D eigenvalue weighted by molar-refractivity contribution is 0.318. The Bertz CT molecular complexity index is 670. The number of benzene rings is 1. The Balaban J connectivity index is 1.98. The molecule has 0 bridgehead atoms. The Hall–Kier alpha value is -1.88. The first-order chi connectivity index (χ1) is 10.7. The first-order valence-corrected chi connectivity index (χ1v) is 8.62. The van der Waals surface area contributed by atoms with Crippen LogP contribution in [0.15, 0.2) is 29.4 Å². The maximum atomic E-state index is 8.75. The molecule has 1 heterocycles. The molecule has 0 atom stereocenters. The van der Waals surface area contributed by atoms with Crippen molar-refractivity contribution in [2.24, 2.45) is 10.9 Å². The van der Waals surface area contributed by atoms with E-state index in [2.05, 4.69) is 12.1 Å². The summed E-state index contributed by atoms with van der Waals surface area (Å²) in [7, 11) is 0. The SMILES string of the molecule is CCc1nc(C2CCCC2)c(-c2ccc(/C(N)=N/O)cc2)s1. The molecule has 1 aromatic carbocycles. The van der Waals surface area contributed by atoms with E-state index in [0.717, 1.165) is 12.0 Å². The minimum Gasteiger partial charge on any atom is -0.409 e. The molecule has 1 fully saturated rings. The number of hydrogen-bond acceptors (Lipinski definition) is 4. The summed E-state index contributed by atoms with van der Waals surface area (Å²) in [6, 6.07) is 7.87. The third-order valence-electron chi connectivity index (χ3n) is 4.29. The van der Waals surface area contributed by atoms with Gasteiger partial charge in [-0.15, -0.1) is 11.3 Å². The van der Waals surface area contributed by atoms with Crippen LogP contribution in [-0.4, -0.2) is 16.0 Å². The lowest BCUT2D eigenvalue weighted by Crippen LogP contribution is -2.12. The zero-order chi connectivity index (χ0) is 15.5. The smallest absolute Gasteiger partial charge is 0.170 e. The molecule has 1 aliphatic rings. The number of amidine groups is 1. The van der Waals surface area contributed by atoms with Gasteiger partial charge in [-0.2, -0.15) is 0 Å². The third kappa shape index (κ3) is 2.86. The van der Waals surface area contributed by atoms with Crippen LogP contribution in [-0.2, 0) is 6.42 Å². The van der Waals surface area contributed by atoms with E-state index < -0.39 is 0 Å². The lowest BCUT2D eigenvalue weighted by atomic mass is 9.99. The second-order valence-electron chi connectivity index (χ2n) is 5.72. The van der Waals surface area contributed by atoms with Crippen molar-refractivity contribution in [2.45, 2.75) is 44.9 Å². The van der Waals surface area contributed by atoms with Crippen molar-refractivity contribution in [3.8, 4) is 10.4 Å². The van der Waals surface area contributed by atoms with Crippen LogP contribution in [0.1, 0.15) is 54.8 Å². The molecule has 4 nitrogen and oxygen atoms in total. The van der Waals surface area contributed by atoms with E-state index in [-0.39, 0.29) is 5.84 Å². The summed E-state index contributed by atoms with van der Waals surface area (Å²) in [5.41, 5.74) is 8.81. The standard InChI is InChI=1S/C17H21N3OS/c1-2-14-19-15(11-5-3-4-6-11)16(22-14)12-7-9-13(10-8-12)17(18)20-21/h7-11,21H,2-6H2,1H3,(H2,18,20). The van der Waals surface area contributed by atoms with Crippen molar-refractivity contribution in [3.05, 3.63) is 40.5 Å². The molecule has 116 valence electrons. The van der Waals surface area contributed by atoms with E-state index in [4.69, 9.17) is 15.9 Å². The van der Waals surface area contributed by atoms with Gasteiger partial charge < -0.3 is 10.9 Å². The highest BCUT2D eigenvalue weighted by Crippen LogP contribution is 2.41. The highest BCUT2D eigenvalue weighted by atomic mass is 32.1. The van der Waals surface area contributed by atoms with Crippen LogP contribution < -0.4 is 5.73 Å². The summed E-state index contributed by atoms with van der Waals surface area (Å²) in [6.07, 6.45) is 6.10. The Morgan fingerprint density at radius 1 is 1.32 bits per heavy atom. The minimum atomic E-state index is 0.140. The second kappa shape index (κ2) is 6.48. The average molecular weight is 315 g/mol. The molecule has 3 rings (SSSR count). The van der Waals surface area contributed by atoms with Gasteiger partial charge in [0.05, 0.1) is 15.6 Å². The molecule has 0 saturated heterocycles. The molecule has 3 N–H and O–H groups in total. The van der Waals surface area contributed by atoms with Crippen LogP contribution in [0.4, 0.5) is 0 Å². The Morgan fingerprint density at radius 3 is 2.59 bits per heavy atom. The molecular formula is C17H21N3OS. The zero-order valence-electron chi connectivity index (χ0n) is 12.7. The first-order valence-electron chi connectivity index (χ1n) is 7.80. The number of hydrogen-bond donors (Lipinski definition) is 2. The summed E-state index contributed by atoms with van der Waals surface area (Å²) < 4.78 is 0. The fourth-order valence-corrected chi connectivity index (χ4v) is 4.16. The molecule has 22 heavy (non-hydrogen) atoms. The van der Waals surface area contributed by atoms with Crippen molar-refractivity contribution in [3.63, 3.8) is 0 Å². The monoisotopic (exact) mass is 315 g/mol. The number of nitrogens with two attached hydrogens (primary N) is 1. The van der Waals surface area contributed by atoms with Gasteiger partial charge in [0.1, 0.15) is 0 Å². The van der Waals surface area contributed by atoms with Crippen molar-refractivity contribution < 1.29 is 5.21 Å². The Labute approximate surface area is 134 Å². The molecule has 1 aliphatic carbocycles. The molecule has 0 spiro atoms. The highest BCUT2D eigenvalue weighted by molar-refractivity contribution is 7.15. The van der Waals surface area contributed by atoms with Crippen LogP contribution in [0, 0.1) is 0 Å². The van der Waals surface area contributed by atoms with Crippen LogP contribution in [0.3, 0.4) is 0 Å². The van der Waals surface area contributed by atoms with Gasteiger partial charge in [-0.05, 0) is 24.8 Å². The maximum Gasteiger partial charge on any atom is 0.170 e. The van der Waals surface area contributed by atoms with Gasteiger partial charge in [-0.25, -0.2) is 4.98 Å². The third-order valence-corrected chi connectivity index (χ3v) is 5.56. The lowest BCUT2D eigenvalue weighted by Gasteiger charge is -2.09. The van der Waals surface area contributed by atoms with Crippen molar-refractivity contribution in [1.82, 2.24) is 4.98 Å². The number of aromatic nitrogens is 1. The van der Waals surface area contributed by atoms with E-state index >= 15 is 0 Å². The Morgan fingerprint density at radius 2 is 2.00 bits per heavy atom. The van der Waals surface area contributed by atoms with E-state index in [9.17, 15) is 0 Å². The van der Waals surface area contributed by atoms with Crippen LogP contribution in [0.2, 0.25) is 0 Å². The summed E-state index contributed by atoms with van der Waals surface area (Å²) in [4.78, 5) is 6.18. The molecule has 0 amide bonds. The van der Waals surface area contributed by atoms with Crippen molar-refractivity contribution in [1.29, 1.82) is 0 Å². The number of nitrogens with zero attached hydrogens (tertiary/aromatic N) is 2. The molecule has 1 saturated carbocycles. The molecule has 0 radical (unpaired) electrons. The quantitative estimate of drug-likeness (QED) is 0.386. The maximum absolute atomic E-state index is 8.75. The molecule has 5 heteroatoms. The summed E-state index contributed by atoms with van der Waals surface area (Å²) in [6.45, 7) is 2.16. The van der Waals surface area contributed by atoms with E-state index in [1.807, 2.05) is 24.3 Å². The molecule has 2 aromatic rings. The van der Waals surface area contributed by atoms with Gasteiger partial charge in [-0.3, -0.25) is 0 Å². The normalized spacial score (nSPS) is 16.3. The molecule has 0 unspecified atom stereocenters. The first kappa shape index (κ1) is 15.0. The van der Waals surface area contributed by atoms with Gasteiger partial charge in [0, 0.05) is 11.5 Å². The van der Waals surface area contributed by atoms with Gasteiger partial charge in [0.2, 0.25) is 0 Å². The van der Waals surface area contributed by atoms with Crippen molar-refractivity contribution in [2.75, 3.05) is 0 Å². The van der Waals surface area contributed by atoms with Gasteiger partial charge in [-0.1, -0.05) is 49.2 Å². The summed E-state index contributed by atoms with van der Waals surface area (Å²) in [5.74, 6) is 0.747. The number of rotatable bonds is 4. The van der Waals surface area contributed by atoms with E-state index in [1.54, 1.807) is 11.3 Å².